The van der Waals surface area contributed by atoms with E-state index in [9.17, 15) is 4.79 Å². The molecule has 2 saturated heterocycles. The van der Waals surface area contributed by atoms with Gasteiger partial charge >= 0.3 is 0 Å². The third-order valence-electron chi connectivity index (χ3n) is 3.52. The highest BCUT2D eigenvalue weighted by atomic mass is 32.1. The quantitative estimate of drug-likeness (QED) is 0.667. The number of ether oxygens (including phenoxy) is 1. The SMILES string of the molecule is O=C1/C(=C/c2ccccc2)NC(=S)N1CN1CCOCC1. The van der Waals surface area contributed by atoms with Gasteiger partial charge in [0.2, 0.25) is 0 Å². The van der Waals surface area contributed by atoms with Crippen LogP contribution in [0.5, 0.6) is 0 Å². The van der Waals surface area contributed by atoms with Crippen molar-refractivity contribution in [1.82, 2.24) is 15.1 Å². The molecule has 1 aromatic rings. The lowest BCUT2D eigenvalue weighted by Gasteiger charge is -2.29. The molecule has 110 valence electrons. The summed E-state index contributed by atoms with van der Waals surface area (Å²) in [4.78, 5) is 16.2. The van der Waals surface area contributed by atoms with Crippen molar-refractivity contribution in [2.24, 2.45) is 0 Å². The van der Waals surface area contributed by atoms with Crippen LogP contribution in [0.2, 0.25) is 0 Å². The molecule has 3 rings (SSSR count). The van der Waals surface area contributed by atoms with Crippen LogP contribution in [0.15, 0.2) is 36.0 Å². The molecule has 1 amide bonds. The van der Waals surface area contributed by atoms with Crippen LogP contribution < -0.4 is 5.32 Å². The molecule has 0 saturated carbocycles. The average molecular weight is 303 g/mol. The van der Waals surface area contributed by atoms with Gasteiger partial charge in [-0.3, -0.25) is 14.6 Å². The summed E-state index contributed by atoms with van der Waals surface area (Å²) >= 11 is 5.27. The van der Waals surface area contributed by atoms with Crippen molar-refractivity contribution in [2.45, 2.75) is 0 Å². The van der Waals surface area contributed by atoms with Gasteiger partial charge in [-0.2, -0.15) is 0 Å². The van der Waals surface area contributed by atoms with E-state index >= 15 is 0 Å². The Morgan fingerprint density at radius 2 is 1.95 bits per heavy atom. The first kappa shape index (κ1) is 14.2. The van der Waals surface area contributed by atoms with Gasteiger partial charge in [-0.25, -0.2) is 0 Å². The monoisotopic (exact) mass is 303 g/mol. The van der Waals surface area contributed by atoms with Crippen molar-refractivity contribution >= 4 is 29.3 Å². The molecule has 1 N–H and O–H groups in total. The zero-order valence-corrected chi connectivity index (χ0v) is 12.4. The molecular formula is C15H17N3O2S. The zero-order valence-electron chi connectivity index (χ0n) is 11.6. The zero-order chi connectivity index (χ0) is 14.7. The minimum Gasteiger partial charge on any atom is -0.379 e. The first-order valence-electron chi connectivity index (χ1n) is 6.94. The lowest BCUT2D eigenvalue weighted by molar-refractivity contribution is -0.124. The molecule has 0 bridgehead atoms. The minimum absolute atomic E-state index is 0.0738. The van der Waals surface area contributed by atoms with Crippen molar-refractivity contribution in [3.8, 4) is 0 Å². The number of benzene rings is 1. The molecule has 0 spiro atoms. The van der Waals surface area contributed by atoms with E-state index in [1.165, 1.54) is 0 Å². The van der Waals surface area contributed by atoms with Gasteiger partial charge in [0.05, 0.1) is 19.9 Å². The van der Waals surface area contributed by atoms with Gasteiger partial charge in [-0.1, -0.05) is 30.3 Å². The lowest BCUT2D eigenvalue weighted by Crippen LogP contribution is -2.46. The number of hydrogen-bond acceptors (Lipinski definition) is 4. The number of thiocarbonyl (C=S) groups is 1. The number of rotatable bonds is 3. The highest BCUT2D eigenvalue weighted by Gasteiger charge is 2.32. The number of carbonyl (C=O) groups is 1. The Balaban J connectivity index is 1.71. The highest BCUT2D eigenvalue weighted by molar-refractivity contribution is 7.80. The van der Waals surface area contributed by atoms with Crippen LogP contribution in [0.1, 0.15) is 5.56 Å². The molecule has 2 heterocycles. The predicted octanol–water partition coefficient (Wildman–Crippen LogP) is 1.03. The lowest BCUT2D eigenvalue weighted by atomic mass is 10.2. The summed E-state index contributed by atoms with van der Waals surface area (Å²) in [6.45, 7) is 3.57. The minimum atomic E-state index is -0.0738. The molecule has 0 atom stereocenters. The van der Waals surface area contributed by atoms with E-state index in [-0.39, 0.29) is 5.91 Å². The van der Waals surface area contributed by atoms with Crippen LogP contribution in [0.25, 0.3) is 6.08 Å². The maximum Gasteiger partial charge on any atom is 0.277 e. The van der Waals surface area contributed by atoms with Crippen LogP contribution in [0, 0.1) is 0 Å². The Hall–Kier alpha value is -1.76. The van der Waals surface area contributed by atoms with E-state index in [1.807, 2.05) is 36.4 Å². The maximum absolute atomic E-state index is 12.4. The van der Waals surface area contributed by atoms with Crippen LogP contribution in [-0.2, 0) is 9.53 Å². The first-order valence-corrected chi connectivity index (χ1v) is 7.34. The van der Waals surface area contributed by atoms with Gasteiger partial charge in [0.25, 0.3) is 5.91 Å². The Kier molecular flexibility index (Phi) is 4.28. The Morgan fingerprint density at radius 3 is 2.67 bits per heavy atom. The number of nitrogens with zero attached hydrogens (tertiary/aromatic N) is 2. The normalized spacial score (nSPS) is 21.9. The molecule has 2 fully saturated rings. The Labute approximate surface area is 129 Å². The fourth-order valence-corrected chi connectivity index (χ4v) is 2.61. The second-order valence-electron chi connectivity index (χ2n) is 5.00. The summed E-state index contributed by atoms with van der Waals surface area (Å²) in [5.41, 5.74) is 1.50. The maximum atomic E-state index is 12.4. The van der Waals surface area contributed by atoms with E-state index in [0.717, 1.165) is 18.7 Å². The number of amides is 1. The number of nitrogens with one attached hydrogen (secondary N) is 1. The number of carbonyl (C=O) groups excluding carboxylic acids is 1. The molecule has 5 nitrogen and oxygen atoms in total. The fourth-order valence-electron chi connectivity index (χ4n) is 2.36. The van der Waals surface area contributed by atoms with Crippen LogP contribution in [0.4, 0.5) is 0 Å². The molecule has 21 heavy (non-hydrogen) atoms. The third-order valence-corrected chi connectivity index (χ3v) is 3.84. The van der Waals surface area contributed by atoms with Crippen LogP contribution in [-0.4, -0.2) is 53.8 Å². The summed E-state index contributed by atoms with van der Waals surface area (Å²) < 4.78 is 5.31. The van der Waals surface area contributed by atoms with E-state index in [1.54, 1.807) is 4.90 Å². The Bertz CT molecular complexity index is 568. The van der Waals surface area contributed by atoms with E-state index in [0.29, 0.717) is 30.7 Å². The van der Waals surface area contributed by atoms with Gasteiger partial charge in [0.1, 0.15) is 5.70 Å². The largest absolute Gasteiger partial charge is 0.379 e. The van der Waals surface area contributed by atoms with Crippen molar-refractivity contribution in [1.29, 1.82) is 0 Å². The van der Waals surface area contributed by atoms with E-state index < -0.39 is 0 Å². The molecular weight excluding hydrogens is 286 g/mol. The molecule has 0 radical (unpaired) electrons. The molecule has 0 unspecified atom stereocenters. The van der Waals surface area contributed by atoms with Gasteiger partial charge in [0.15, 0.2) is 5.11 Å². The van der Waals surface area contributed by atoms with Gasteiger partial charge in [-0.05, 0) is 23.9 Å². The molecule has 6 heteroatoms. The Morgan fingerprint density at radius 1 is 1.24 bits per heavy atom. The first-order chi connectivity index (χ1) is 10.2. The fraction of sp³-hybridized carbons (Fsp3) is 0.333. The second kappa shape index (κ2) is 6.34. The second-order valence-corrected chi connectivity index (χ2v) is 5.39. The predicted molar refractivity (Wildman–Crippen MR) is 84.3 cm³/mol. The summed E-state index contributed by atoms with van der Waals surface area (Å²) in [6.07, 6.45) is 1.83. The van der Waals surface area contributed by atoms with Gasteiger partial charge < -0.3 is 10.1 Å². The van der Waals surface area contributed by atoms with Crippen molar-refractivity contribution in [3.05, 3.63) is 41.6 Å². The van der Waals surface area contributed by atoms with Crippen molar-refractivity contribution in [3.63, 3.8) is 0 Å². The smallest absolute Gasteiger partial charge is 0.277 e. The topological polar surface area (TPSA) is 44.8 Å². The average Bonchev–Trinajstić information content (AvgIpc) is 2.77. The molecule has 2 aliphatic rings. The number of morpholine rings is 1. The summed E-state index contributed by atoms with van der Waals surface area (Å²) in [5, 5.41) is 3.47. The molecule has 2 aliphatic heterocycles. The highest BCUT2D eigenvalue weighted by Crippen LogP contribution is 2.15. The summed E-state index contributed by atoms with van der Waals surface area (Å²) in [7, 11) is 0. The third kappa shape index (κ3) is 3.29. The van der Waals surface area contributed by atoms with Crippen molar-refractivity contribution in [2.75, 3.05) is 33.0 Å². The van der Waals surface area contributed by atoms with Crippen LogP contribution in [0.3, 0.4) is 0 Å². The van der Waals surface area contributed by atoms with Crippen LogP contribution >= 0.6 is 12.2 Å². The van der Waals surface area contributed by atoms with Crippen molar-refractivity contribution < 1.29 is 9.53 Å². The summed E-state index contributed by atoms with van der Waals surface area (Å²) in [5.74, 6) is -0.0738. The summed E-state index contributed by atoms with van der Waals surface area (Å²) in [6, 6.07) is 9.73. The molecule has 1 aromatic carbocycles. The van der Waals surface area contributed by atoms with Gasteiger partial charge in [0, 0.05) is 13.1 Å². The molecule has 0 aliphatic carbocycles. The van der Waals surface area contributed by atoms with E-state index in [2.05, 4.69) is 10.2 Å². The molecule has 0 aromatic heterocycles. The number of hydrogen-bond donors (Lipinski definition) is 1. The van der Waals surface area contributed by atoms with E-state index in [4.69, 9.17) is 17.0 Å². The van der Waals surface area contributed by atoms with Gasteiger partial charge in [-0.15, -0.1) is 0 Å². The standard InChI is InChI=1S/C15H17N3O2S/c19-14-13(10-12-4-2-1-3-5-12)16-15(21)18(14)11-17-6-8-20-9-7-17/h1-5,10H,6-9,11H2,(H,16,21)/b13-10-.